The molecule has 1 atom stereocenters. The number of benzene rings is 3. The first kappa shape index (κ1) is 20.7. The summed E-state index contributed by atoms with van der Waals surface area (Å²) >= 11 is 0. The molecule has 0 saturated carbocycles. The summed E-state index contributed by atoms with van der Waals surface area (Å²) < 4.78 is 1.70. The largest absolute Gasteiger partial charge is 0.481 e. The fourth-order valence-electron chi connectivity index (χ4n) is 3.56. The standard InChI is InChI=1S/C23H18N4O5/c28-21(29)14-20(15-6-2-1-3-7-15)26-19-9-5-4-8-18(19)24-23(26)25-22(30)16-10-12-17(13-11-16)27(31)32/h1-13,20H,14H2,(H,28,29)(H,24,25,30). The topological polar surface area (TPSA) is 127 Å². The lowest BCUT2D eigenvalue weighted by Gasteiger charge is -2.21. The van der Waals surface area contributed by atoms with Gasteiger partial charge in [0.25, 0.3) is 11.6 Å². The van der Waals surface area contributed by atoms with Crippen molar-refractivity contribution in [1.82, 2.24) is 9.55 Å². The number of carboxylic acid groups (broad SMARTS) is 1. The normalized spacial score (nSPS) is 11.8. The molecule has 1 aromatic heterocycles. The third kappa shape index (κ3) is 4.17. The van der Waals surface area contributed by atoms with Gasteiger partial charge in [0.1, 0.15) is 0 Å². The predicted molar refractivity (Wildman–Crippen MR) is 118 cm³/mol. The number of carbonyl (C=O) groups excluding carboxylic acids is 1. The zero-order chi connectivity index (χ0) is 22.7. The van der Waals surface area contributed by atoms with Crippen LogP contribution in [0.2, 0.25) is 0 Å². The number of nitro groups is 1. The minimum Gasteiger partial charge on any atom is -0.481 e. The van der Waals surface area contributed by atoms with E-state index in [4.69, 9.17) is 0 Å². The van der Waals surface area contributed by atoms with Gasteiger partial charge >= 0.3 is 5.97 Å². The van der Waals surface area contributed by atoms with E-state index in [1.165, 1.54) is 24.3 Å². The van der Waals surface area contributed by atoms with Crippen LogP contribution in [0.25, 0.3) is 11.0 Å². The van der Waals surface area contributed by atoms with Crippen molar-refractivity contribution < 1.29 is 19.6 Å². The highest BCUT2D eigenvalue weighted by Gasteiger charge is 2.24. The second kappa shape index (κ2) is 8.68. The average molecular weight is 430 g/mol. The van der Waals surface area contributed by atoms with Crippen molar-refractivity contribution in [3.63, 3.8) is 0 Å². The number of nitrogens with zero attached hydrogens (tertiary/aromatic N) is 3. The number of anilines is 1. The number of rotatable bonds is 7. The molecule has 1 amide bonds. The quantitative estimate of drug-likeness (QED) is 0.333. The lowest BCUT2D eigenvalue weighted by molar-refractivity contribution is -0.384. The highest BCUT2D eigenvalue weighted by atomic mass is 16.6. The molecule has 3 aromatic carbocycles. The summed E-state index contributed by atoms with van der Waals surface area (Å²) in [5.74, 6) is -1.33. The second-order valence-electron chi connectivity index (χ2n) is 7.08. The number of amides is 1. The molecule has 0 fully saturated rings. The summed E-state index contributed by atoms with van der Waals surface area (Å²) in [6.07, 6.45) is -0.217. The summed E-state index contributed by atoms with van der Waals surface area (Å²) in [5.41, 5.74) is 2.10. The number of nitrogens with one attached hydrogen (secondary N) is 1. The van der Waals surface area contributed by atoms with Crippen LogP contribution in [0.3, 0.4) is 0 Å². The molecule has 4 aromatic rings. The molecular weight excluding hydrogens is 412 g/mol. The van der Waals surface area contributed by atoms with Crippen molar-refractivity contribution in [3.8, 4) is 0 Å². The molecule has 4 rings (SSSR count). The maximum Gasteiger partial charge on any atom is 0.305 e. The molecule has 1 heterocycles. The Morgan fingerprint density at radius 3 is 2.31 bits per heavy atom. The van der Waals surface area contributed by atoms with Gasteiger partial charge in [-0.3, -0.25) is 25.0 Å². The molecule has 0 saturated heterocycles. The fourth-order valence-corrected chi connectivity index (χ4v) is 3.56. The van der Waals surface area contributed by atoms with Gasteiger partial charge in [-0.2, -0.15) is 0 Å². The van der Waals surface area contributed by atoms with E-state index in [1.807, 2.05) is 42.5 Å². The first-order valence-corrected chi connectivity index (χ1v) is 9.73. The van der Waals surface area contributed by atoms with Gasteiger partial charge < -0.3 is 9.67 Å². The molecule has 0 bridgehead atoms. The minimum atomic E-state index is -0.996. The van der Waals surface area contributed by atoms with E-state index in [0.29, 0.717) is 11.0 Å². The van der Waals surface area contributed by atoms with E-state index in [-0.39, 0.29) is 23.6 Å². The maximum absolute atomic E-state index is 12.9. The number of aliphatic carboxylic acids is 1. The molecule has 160 valence electrons. The van der Waals surface area contributed by atoms with Crippen molar-refractivity contribution in [2.45, 2.75) is 12.5 Å². The van der Waals surface area contributed by atoms with Gasteiger partial charge in [-0.25, -0.2) is 4.98 Å². The lowest BCUT2D eigenvalue weighted by atomic mass is 10.0. The molecule has 0 radical (unpaired) electrons. The van der Waals surface area contributed by atoms with Crippen molar-refractivity contribution >= 4 is 34.5 Å². The summed E-state index contributed by atoms with van der Waals surface area (Å²) in [6.45, 7) is 0. The number of carbonyl (C=O) groups is 2. The van der Waals surface area contributed by atoms with Gasteiger partial charge in [0.15, 0.2) is 0 Å². The van der Waals surface area contributed by atoms with Crippen LogP contribution >= 0.6 is 0 Å². The van der Waals surface area contributed by atoms with Gasteiger partial charge in [0.2, 0.25) is 5.95 Å². The Hall–Kier alpha value is -4.53. The van der Waals surface area contributed by atoms with Crippen LogP contribution in [-0.2, 0) is 4.79 Å². The monoisotopic (exact) mass is 430 g/mol. The summed E-state index contributed by atoms with van der Waals surface area (Å²) in [6, 6.07) is 20.9. The van der Waals surface area contributed by atoms with E-state index < -0.39 is 22.8 Å². The van der Waals surface area contributed by atoms with E-state index in [9.17, 15) is 24.8 Å². The Kier molecular flexibility index (Phi) is 5.63. The first-order chi connectivity index (χ1) is 15.4. The lowest BCUT2D eigenvalue weighted by Crippen LogP contribution is -2.21. The van der Waals surface area contributed by atoms with Gasteiger partial charge in [-0.15, -0.1) is 0 Å². The van der Waals surface area contributed by atoms with Crippen molar-refractivity contribution in [2.24, 2.45) is 0 Å². The van der Waals surface area contributed by atoms with Crippen LogP contribution in [0.15, 0.2) is 78.9 Å². The molecule has 9 heteroatoms. The summed E-state index contributed by atoms with van der Waals surface area (Å²) in [4.78, 5) is 39.4. The minimum absolute atomic E-state index is 0.126. The molecule has 0 aliphatic heterocycles. The predicted octanol–water partition coefficient (Wildman–Crippen LogP) is 4.26. The number of non-ortho nitro benzene ring substituents is 1. The Morgan fingerprint density at radius 2 is 1.66 bits per heavy atom. The van der Waals surface area contributed by atoms with Crippen LogP contribution in [0.5, 0.6) is 0 Å². The number of hydrogen-bond acceptors (Lipinski definition) is 5. The third-order valence-electron chi connectivity index (χ3n) is 5.03. The highest BCUT2D eigenvalue weighted by Crippen LogP contribution is 2.31. The average Bonchev–Trinajstić information content (AvgIpc) is 3.15. The van der Waals surface area contributed by atoms with E-state index >= 15 is 0 Å². The van der Waals surface area contributed by atoms with Crippen LogP contribution in [0.4, 0.5) is 11.6 Å². The zero-order valence-electron chi connectivity index (χ0n) is 16.7. The molecular formula is C23H18N4O5. The number of aromatic nitrogens is 2. The number of fused-ring (bicyclic) bond motifs is 1. The zero-order valence-corrected chi connectivity index (χ0v) is 16.7. The number of nitro benzene ring substituents is 1. The number of imidazole rings is 1. The first-order valence-electron chi connectivity index (χ1n) is 9.73. The van der Waals surface area contributed by atoms with E-state index in [1.54, 1.807) is 16.7 Å². The maximum atomic E-state index is 12.9. The van der Waals surface area contributed by atoms with Crippen LogP contribution in [0, 0.1) is 10.1 Å². The van der Waals surface area contributed by atoms with E-state index in [2.05, 4.69) is 10.3 Å². The number of para-hydroxylation sites is 2. The SMILES string of the molecule is O=C(O)CC(c1ccccc1)n1c(NC(=O)c2ccc([N+](=O)[O-])cc2)nc2ccccc21. The van der Waals surface area contributed by atoms with Gasteiger partial charge in [-0.1, -0.05) is 42.5 Å². The molecule has 0 aliphatic carbocycles. The molecule has 0 spiro atoms. The molecule has 1 unspecified atom stereocenters. The summed E-state index contributed by atoms with van der Waals surface area (Å²) in [5, 5.41) is 23.2. The Bertz CT molecular complexity index is 1300. The molecule has 9 nitrogen and oxygen atoms in total. The highest BCUT2D eigenvalue weighted by molar-refractivity contribution is 6.04. The van der Waals surface area contributed by atoms with Gasteiger partial charge in [0.05, 0.1) is 28.4 Å². The Labute approximate surface area is 182 Å². The van der Waals surface area contributed by atoms with Crippen LogP contribution in [0.1, 0.15) is 28.4 Å². The second-order valence-corrected chi connectivity index (χ2v) is 7.08. The molecule has 0 aliphatic rings. The van der Waals surface area contributed by atoms with Gasteiger partial charge in [-0.05, 0) is 29.8 Å². The fraction of sp³-hybridized carbons (Fsp3) is 0.0870. The van der Waals surface area contributed by atoms with E-state index in [0.717, 1.165) is 5.56 Å². The third-order valence-corrected chi connectivity index (χ3v) is 5.03. The molecule has 2 N–H and O–H groups in total. The Morgan fingerprint density at radius 1 is 1.00 bits per heavy atom. The van der Waals surface area contributed by atoms with Crippen LogP contribution < -0.4 is 5.32 Å². The number of carboxylic acids is 1. The van der Waals surface area contributed by atoms with Crippen molar-refractivity contribution in [1.29, 1.82) is 0 Å². The Balaban J connectivity index is 1.78. The van der Waals surface area contributed by atoms with Gasteiger partial charge in [0, 0.05) is 17.7 Å². The summed E-state index contributed by atoms with van der Waals surface area (Å²) in [7, 11) is 0. The number of hydrogen-bond donors (Lipinski definition) is 2. The van der Waals surface area contributed by atoms with Crippen LogP contribution in [-0.4, -0.2) is 31.5 Å². The van der Waals surface area contributed by atoms with Crippen molar-refractivity contribution in [3.05, 3.63) is 100 Å². The molecule has 32 heavy (non-hydrogen) atoms. The smallest absolute Gasteiger partial charge is 0.305 e. The van der Waals surface area contributed by atoms with Crippen molar-refractivity contribution in [2.75, 3.05) is 5.32 Å².